The molecule has 0 aromatic carbocycles. The van der Waals surface area contributed by atoms with E-state index in [0.717, 1.165) is 24.6 Å². The Morgan fingerprint density at radius 1 is 0.933 bits per heavy atom. The molecule has 2 amide bonds. The molecule has 4 aliphatic rings. The number of anilines is 1. The summed E-state index contributed by atoms with van der Waals surface area (Å²) in [5, 5.41) is 0. The maximum Gasteiger partial charge on any atom is 0.261 e. The fourth-order valence-corrected chi connectivity index (χ4v) is 4.24. The van der Waals surface area contributed by atoms with Crippen LogP contribution in [0.25, 0.3) is 0 Å². The fourth-order valence-electron chi connectivity index (χ4n) is 4.24. The number of pyridine rings is 1. The van der Waals surface area contributed by atoms with Gasteiger partial charge in [-0.25, -0.2) is 9.98 Å². The van der Waals surface area contributed by atoms with E-state index >= 15 is 0 Å². The van der Waals surface area contributed by atoms with Crippen molar-refractivity contribution in [3.05, 3.63) is 48.2 Å². The highest BCUT2D eigenvalue weighted by Crippen LogP contribution is 2.20. The van der Waals surface area contributed by atoms with Crippen molar-refractivity contribution in [3.8, 4) is 0 Å². The summed E-state index contributed by atoms with van der Waals surface area (Å²) in [5.41, 5.74) is 1.34. The number of fused-ring (bicyclic) bond motifs is 1. The number of rotatable bonds is 2. The second kappa shape index (κ2) is 7.85. The van der Waals surface area contributed by atoms with Crippen LogP contribution in [0.15, 0.2) is 52.6 Å². The summed E-state index contributed by atoms with van der Waals surface area (Å²) >= 11 is 0. The summed E-state index contributed by atoms with van der Waals surface area (Å²) in [4.78, 5) is 44.5. The van der Waals surface area contributed by atoms with Crippen LogP contribution < -0.4 is 4.90 Å². The molecule has 0 radical (unpaired) electrons. The molecule has 0 N–H and O–H groups in total. The van der Waals surface area contributed by atoms with Crippen molar-refractivity contribution in [3.63, 3.8) is 0 Å². The van der Waals surface area contributed by atoms with Gasteiger partial charge in [0.05, 0.1) is 11.3 Å². The van der Waals surface area contributed by atoms with Crippen molar-refractivity contribution in [2.45, 2.75) is 12.8 Å². The third-order valence-corrected chi connectivity index (χ3v) is 5.98. The van der Waals surface area contributed by atoms with Gasteiger partial charge in [0.2, 0.25) is 5.96 Å². The average molecular weight is 404 g/mol. The van der Waals surface area contributed by atoms with E-state index < -0.39 is 0 Å². The molecule has 3 aliphatic heterocycles. The molecule has 1 aliphatic carbocycles. The minimum atomic E-state index is -0.363. The van der Waals surface area contributed by atoms with Crippen LogP contribution in [0.3, 0.4) is 0 Å². The molecule has 1 unspecified atom stereocenters. The van der Waals surface area contributed by atoms with Crippen LogP contribution in [0.1, 0.15) is 23.2 Å². The lowest BCUT2D eigenvalue weighted by Crippen LogP contribution is -2.51. The number of carbonyl (C=O) groups is 2. The van der Waals surface area contributed by atoms with E-state index in [4.69, 9.17) is 0 Å². The Morgan fingerprint density at radius 2 is 1.73 bits per heavy atom. The van der Waals surface area contributed by atoms with Crippen LogP contribution >= 0.6 is 0 Å². The van der Waals surface area contributed by atoms with Crippen LogP contribution in [-0.2, 0) is 4.79 Å². The lowest BCUT2D eigenvalue weighted by molar-refractivity contribution is -0.118. The second-order valence-corrected chi connectivity index (χ2v) is 7.89. The average Bonchev–Trinajstić information content (AvgIpc) is 3.34. The quantitative estimate of drug-likeness (QED) is 0.747. The molecule has 5 rings (SSSR count). The lowest BCUT2D eigenvalue weighted by atomic mass is 9.97. The first-order valence-corrected chi connectivity index (χ1v) is 10.5. The fraction of sp³-hybridized carbons (Fsp3) is 0.409. The molecule has 2 saturated heterocycles. The maximum absolute atomic E-state index is 12.9. The highest BCUT2D eigenvalue weighted by atomic mass is 16.2. The number of piperazine rings is 1. The van der Waals surface area contributed by atoms with Crippen LogP contribution in [0.4, 0.5) is 5.82 Å². The molecule has 8 nitrogen and oxygen atoms in total. The Hall–Kier alpha value is -3.29. The zero-order chi connectivity index (χ0) is 20.5. The number of hydrogen-bond acceptors (Lipinski definition) is 6. The summed E-state index contributed by atoms with van der Waals surface area (Å²) in [6.45, 7) is 4.38. The second-order valence-electron chi connectivity index (χ2n) is 7.89. The van der Waals surface area contributed by atoms with Crippen molar-refractivity contribution in [1.29, 1.82) is 0 Å². The van der Waals surface area contributed by atoms with Crippen LogP contribution in [0.2, 0.25) is 0 Å². The minimum absolute atomic E-state index is 0.0106. The Kier molecular flexibility index (Phi) is 4.90. The van der Waals surface area contributed by atoms with E-state index in [1.807, 2.05) is 46.2 Å². The molecule has 4 heterocycles. The van der Waals surface area contributed by atoms with Crippen LogP contribution in [0.5, 0.6) is 0 Å². The van der Waals surface area contributed by atoms with Gasteiger partial charge in [0.15, 0.2) is 0 Å². The van der Waals surface area contributed by atoms with E-state index in [-0.39, 0.29) is 17.7 Å². The van der Waals surface area contributed by atoms with E-state index in [1.165, 1.54) is 12.8 Å². The van der Waals surface area contributed by atoms with E-state index in [9.17, 15) is 9.59 Å². The van der Waals surface area contributed by atoms with E-state index in [2.05, 4.69) is 19.9 Å². The van der Waals surface area contributed by atoms with Crippen molar-refractivity contribution >= 4 is 29.3 Å². The Labute approximate surface area is 175 Å². The molecule has 0 saturated carbocycles. The number of guanidine groups is 1. The van der Waals surface area contributed by atoms with Gasteiger partial charge in [0.1, 0.15) is 11.7 Å². The predicted octanol–water partition coefficient (Wildman–Crippen LogP) is 1.52. The first-order valence-electron chi connectivity index (χ1n) is 10.5. The summed E-state index contributed by atoms with van der Waals surface area (Å²) < 4.78 is 0. The zero-order valence-electron chi connectivity index (χ0n) is 16.8. The molecule has 0 spiro atoms. The van der Waals surface area contributed by atoms with Gasteiger partial charge in [0, 0.05) is 45.5 Å². The Balaban J connectivity index is 1.21. The van der Waals surface area contributed by atoms with Gasteiger partial charge in [-0.1, -0.05) is 18.2 Å². The molecule has 0 bridgehead atoms. The van der Waals surface area contributed by atoms with Gasteiger partial charge >= 0.3 is 0 Å². The van der Waals surface area contributed by atoms with Crippen molar-refractivity contribution in [1.82, 2.24) is 14.8 Å². The molecule has 1 atom stereocenters. The van der Waals surface area contributed by atoms with Crippen molar-refractivity contribution in [2.75, 3.05) is 44.2 Å². The zero-order valence-corrected chi connectivity index (χ0v) is 16.8. The van der Waals surface area contributed by atoms with Gasteiger partial charge in [-0.2, -0.15) is 4.99 Å². The molecular formula is C22H24N6O2. The smallest absolute Gasteiger partial charge is 0.261 e. The number of amides is 2. The summed E-state index contributed by atoms with van der Waals surface area (Å²) in [7, 11) is 0. The Bertz CT molecular complexity index is 964. The number of aromatic nitrogens is 1. The topological polar surface area (TPSA) is 81.5 Å². The standard InChI is InChI=1S/C22H24N6O2/c29-20-17-5-1-2-6-18(17)24-22(25-20)28-13-11-27(12-14-28)21(30)16-7-8-19(23-15-16)26-9-3-4-10-26/h1-2,5-8,15,17H,3-4,9-14H2. The first-order chi connectivity index (χ1) is 14.7. The van der Waals surface area contributed by atoms with Gasteiger partial charge < -0.3 is 14.7 Å². The monoisotopic (exact) mass is 404 g/mol. The SMILES string of the molecule is O=C1N=C(N2CCN(C(=O)c3ccc(N4CCCC4)nc3)CC2)N=C2C=CC=CC12. The molecular weight excluding hydrogens is 380 g/mol. The Morgan fingerprint density at radius 3 is 2.47 bits per heavy atom. The van der Waals surface area contributed by atoms with E-state index in [0.29, 0.717) is 37.7 Å². The largest absolute Gasteiger partial charge is 0.357 e. The van der Waals surface area contributed by atoms with Gasteiger partial charge in [-0.15, -0.1) is 0 Å². The minimum Gasteiger partial charge on any atom is -0.357 e. The normalized spacial score (nSPS) is 23.4. The van der Waals surface area contributed by atoms with Gasteiger partial charge in [-0.05, 0) is 31.1 Å². The van der Waals surface area contributed by atoms with Gasteiger partial charge in [0.25, 0.3) is 11.8 Å². The highest BCUT2D eigenvalue weighted by molar-refractivity contribution is 6.21. The number of nitrogens with zero attached hydrogens (tertiary/aromatic N) is 6. The first kappa shape index (κ1) is 18.7. The lowest BCUT2D eigenvalue weighted by Gasteiger charge is -2.36. The highest BCUT2D eigenvalue weighted by Gasteiger charge is 2.30. The third kappa shape index (κ3) is 3.53. The van der Waals surface area contributed by atoms with Crippen molar-refractivity contribution in [2.24, 2.45) is 15.9 Å². The summed E-state index contributed by atoms with van der Waals surface area (Å²) in [6, 6.07) is 3.81. The number of aliphatic imine (C=N–C) groups is 2. The molecule has 154 valence electrons. The van der Waals surface area contributed by atoms with Gasteiger partial charge in [-0.3, -0.25) is 9.59 Å². The molecule has 30 heavy (non-hydrogen) atoms. The summed E-state index contributed by atoms with van der Waals surface area (Å²) in [5.74, 6) is 0.840. The molecule has 1 aromatic heterocycles. The molecule has 2 fully saturated rings. The number of carbonyl (C=O) groups excluding carboxylic acids is 2. The van der Waals surface area contributed by atoms with Crippen LogP contribution in [-0.4, -0.2) is 77.5 Å². The third-order valence-electron chi connectivity index (χ3n) is 5.98. The predicted molar refractivity (Wildman–Crippen MR) is 115 cm³/mol. The molecule has 8 heteroatoms. The summed E-state index contributed by atoms with van der Waals surface area (Å²) in [6.07, 6.45) is 11.5. The molecule has 1 aromatic rings. The van der Waals surface area contributed by atoms with Crippen LogP contribution in [0, 0.1) is 5.92 Å². The maximum atomic E-state index is 12.9. The number of hydrogen-bond donors (Lipinski definition) is 0. The number of allylic oxidation sites excluding steroid dienone is 3. The van der Waals surface area contributed by atoms with E-state index in [1.54, 1.807) is 6.20 Å². The van der Waals surface area contributed by atoms with Crippen molar-refractivity contribution < 1.29 is 9.59 Å².